The van der Waals surface area contributed by atoms with Gasteiger partial charge in [-0.1, -0.05) is 99.5 Å². The summed E-state index contributed by atoms with van der Waals surface area (Å²) in [5.74, 6) is 1.56. The van der Waals surface area contributed by atoms with E-state index >= 15 is 0 Å². The second-order valence-electron chi connectivity index (χ2n) is 12.7. The molecule has 7 aromatic rings. The molecule has 258 valence electrons. The molecule has 0 atom stereocenters. The van der Waals surface area contributed by atoms with Crippen LogP contribution < -0.4 is 9.47 Å². The molecule has 4 aromatic heterocycles. The van der Waals surface area contributed by atoms with Crippen LogP contribution >= 0.6 is 0 Å². The number of aromatic nitrogens is 4. The predicted molar refractivity (Wildman–Crippen MR) is 211 cm³/mol. The van der Waals surface area contributed by atoms with Crippen molar-refractivity contribution in [1.29, 1.82) is 0 Å². The Balaban J connectivity index is 1.46. The SMILES string of the molecule is CCCCOc1cc(-c2cc(-c3ccccc3)nc(-c3ccccn3)c2)c(OCCCC)cc1-c1cc(-c2ccccc2)nc(-c2ccccn2)c1. The first-order chi connectivity index (χ1) is 25.7. The molecule has 4 heterocycles. The van der Waals surface area contributed by atoms with E-state index in [2.05, 4.69) is 84.5 Å². The van der Waals surface area contributed by atoms with Crippen LogP contribution in [-0.2, 0) is 0 Å². The normalized spacial score (nSPS) is 11.0. The highest BCUT2D eigenvalue weighted by atomic mass is 16.5. The monoisotopic (exact) mass is 682 g/mol. The number of benzene rings is 3. The molecule has 0 unspecified atom stereocenters. The Bertz CT molecular complexity index is 1930. The van der Waals surface area contributed by atoms with Crippen LogP contribution in [0.25, 0.3) is 67.5 Å². The Morgan fingerprint density at radius 2 is 0.808 bits per heavy atom. The van der Waals surface area contributed by atoms with Crippen LogP contribution in [0.4, 0.5) is 0 Å². The first-order valence-corrected chi connectivity index (χ1v) is 18.1. The van der Waals surface area contributed by atoms with Gasteiger partial charge in [0.2, 0.25) is 0 Å². The van der Waals surface area contributed by atoms with Gasteiger partial charge < -0.3 is 9.47 Å². The van der Waals surface area contributed by atoms with Crippen LogP contribution in [0.15, 0.2) is 146 Å². The number of nitrogens with zero attached hydrogens (tertiary/aromatic N) is 4. The van der Waals surface area contributed by atoms with E-state index in [1.165, 1.54) is 0 Å². The highest BCUT2D eigenvalue weighted by molar-refractivity contribution is 5.86. The first kappa shape index (κ1) is 34.3. The Morgan fingerprint density at radius 3 is 1.19 bits per heavy atom. The molecule has 3 aromatic carbocycles. The molecule has 0 aliphatic carbocycles. The average molecular weight is 683 g/mol. The van der Waals surface area contributed by atoms with E-state index in [0.717, 1.165) is 105 Å². The average Bonchev–Trinajstić information content (AvgIpc) is 3.22. The lowest BCUT2D eigenvalue weighted by molar-refractivity contribution is 0.303. The Labute approximate surface area is 306 Å². The van der Waals surface area contributed by atoms with E-state index in [1.54, 1.807) is 12.4 Å². The summed E-state index contributed by atoms with van der Waals surface area (Å²) in [6.45, 7) is 5.53. The fourth-order valence-corrected chi connectivity index (χ4v) is 6.08. The zero-order chi connectivity index (χ0) is 35.5. The van der Waals surface area contributed by atoms with Gasteiger partial charge in [-0.3, -0.25) is 9.97 Å². The quantitative estimate of drug-likeness (QED) is 0.106. The van der Waals surface area contributed by atoms with E-state index in [-0.39, 0.29) is 0 Å². The molecule has 6 nitrogen and oxygen atoms in total. The van der Waals surface area contributed by atoms with Gasteiger partial charge in [-0.25, -0.2) is 9.97 Å². The smallest absolute Gasteiger partial charge is 0.128 e. The maximum atomic E-state index is 6.68. The van der Waals surface area contributed by atoms with Crippen LogP contribution in [0.5, 0.6) is 11.5 Å². The van der Waals surface area contributed by atoms with Gasteiger partial charge in [0.05, 0.1) is 47.4 Å². The van der Waals surface area contributed by atoms with Gasteiger partial charge in [0.25, 0.3) is 0 Å². The van der Waals surface area contributed by atoms with Crippen molar-refractivity contribution in [3.8, 4) is 79.0 Å². The van der Waals surface area contributed by atoms with E-state index < -0.39 is 0 Å². The van der Waals surface area contributed by atoms with Gasteiger partial charge in [0.15, 0.2) is 0 Å². The number of unbranched alkanes of at least 4 members (excludes halogenated alkanes) is 2. The molecule has 6 heteroatoms. The largest absolute Gasteiger partial charge is 0.493 e. The molecule has 0 fully saturated rings. The van der Waals surface area contributed by atoms with E-state index in [4.69, 9.17) is 19.4 Å². The number of pyridine rings is 4. The Morgan fingerprint density at radius 1 is 0.404 bits per heavy atom. The summed E-state index contributed by atoms with van der Waals surface area (Å²) in [5.41, 5.74) is 10.8. The van der Waals surface area contributed by atoms with Crippen molar-refractivity contribution in [3.63, 3.8) is 0 Å². The number of hydrogen-bond donors (Lipinski definition) is 0. The predicted octanol–water partition coefficient (Wildman–Crippen LogP) is 11.6. The van der Waals surface area contributed by atoms with Crippen molar-refractivity contribution < 1.29 is 9.47 Å². The fraction of sp³-hybridized carbons (Fsp3) is 0.174. The number of ether oxygens (including phenoxy) is 2. The molecule has 52 heavy (non-hydrogen) atoms. The minimum Gasteiger partial charge on any atom is -0.493 e. The molecule has 0 amide bonds. The maximum absolute atomic E-state index is 6.68. The molecule has 0 bridgehead atoms. The third kappa shape index (κ3) is 8.08. The van der Waals surface area contributed by atoms with Crippen molar-refractivity contribution in [1.82, 2.24) is 19.9 Å². The highest BCUT2D eigenvalue weighted by Crippen LogP contribution is 2.44. The molecule has 0 saturated carbocycles. The summed E-state index contributed by atoms with van der Waals surface area (Å²) in [6, 6.07) is 45.1. The Kier molecular flexibility index (Phi) is 11.0. The van der Waals surface area contributed by atoms with Gasteiger partial charge in [0.1, 0.15) is 11.5 Å². The summed E-state index contributed by atoms with van der Waals surface area (Å²) >= 11 is 0. The highest BCUT2D eigenvalue weighted by Gasteiger charge is 2.20. The lowest BCUT2D eigenvalue weighted by Crippen LogP contribution is -2.03. The van der Waals surface area contributed by atoms with Gasteiger partial charge in [-0.2, -0.15) is 0 Å². The first-order valence-electron chi connectivity index (χ1n) is 18.1. The van der Waals surface area contributed by atoms with Gasteiger partial charge in [-0.05, 0) is 84.6 Å². The summed E-state index contributed by atoms with van der Waals surface area (Å²) in [6.07, 6.45) is 7.53. The van der Waals surface area contributed by atoms with Crippen LogP contribution in [0.2, 0.25) is 0 Å². The van der Waals surface area contributed by atoms with Crippen LogP contribution in [-0.4, -0.2) is 33.1 Å². The van der Waals surface area contributed by atoms with Crippen LogP contribution in [0.3, 0.4) is 0 Å². The van der Waals surface area contributed by atoms with Gasteiger partial charge >= 0.3 is 0 Å². The summed E-state index contributed by atoms with van der Waals surface area (Å²) in [5, 5.41) is 0. The number of hydrogen-bond acceptors (Lipinski definition) is 6. The molecule has 0 spiro atoms. The maximum Gasteiger partial charge on any atom is 0.128 e. The lowest BCUT2D eigenvalue weighted by atomic mass is 9.95. The second kappa shape index (κ2) is 16.7. The standard InChI is InChI=1S/C46H42N4O2/c1-3-5-25-51-45-31-38(36-28-42(34-19-11-8-12-20-34)50-44(30-36)40-22-14-16-24-48-40)46(52-26-6-4-2)32-37(45)35-27-41(33-17-9-7-10-18-33)49-43(29-35)39-21-13-15-23-47-39/h7-24,27-32H,3-6,25-26H2,1-2H3. The zero-order valence-electron chi connectivity index (χ0n) is 29.7. The molecule has 0 aliphatic heterocycles. The molecular weight excluding hydrogens is 641 g/mol. The van der Waals surface area contributed by atoms with E-state index in [9.17, 15) is 0 Å². The number of rotatable bonds is 14. The Hall–Kier alpha value is -6.14. The summed E-state index contributed by atoms with van der Waals surface area (Å²) in [4.78, 5) is 19.5. The van der Waals surface area contributed by atoms with E-state index in [1.807, 2.05) is 72.8 Å². The van der Waals surface area contributed by atoms with Crippen molar-refractivity contribution in [2.24, 2.45) is 0 Å². The minimum absolute atomic E-state index is 0.591. The molecule has 0 radical (unpaired) electrons. The van der Waals surface area contributed by atoms with Crippen molar-refractivity contribution in [2.45, 2.75) is 39.5 Å². The fourth-order valence-electron chi connectivity index (χ4n) is 6.08. The molecule has 7 rings (SSSR count). The van der Waals surface area contributed by atoms with Crippen molar-refractivity contribution >= 4 is 0 Å². The summed E-state index contributed by atoms with van der Waals surface area (Å²) < 4.78 is 13.4. The third-order valence-electron chi connectivity index (χ3n) is 8.86. The third-order valence-corrected chi connectivity index (χ3v) is 8.86. The van der Waals surface area contributed by atoms with Crippen LogP contribution in [0, 0.1) is 0 Å². The molecular formula is C46H42N4O2. The van der Waals surface area contributed by atoms with Gasteiger partial charge in [0, 0.05) is 34.6 Å². The van der Waals surface area contributed by atoms with Gasteiger partial charge in [-0.15, -0.1) is 0 Å². The van der Waals surface area contributed by atoms with Crippen molar-refractivity contribution in [2.75, 3.05) is 13.2 Å². The second-order valence-corrected chi connectivity index (χ2v) is 12.7. The van der Waals surface area contributed by atoms with Crippen LogP contribution in [0.1, 0.15) is 39.5 Å². The molecule has 0 N–H and O–H groups in total. The molecule has 0 saturated heterocycles. The molecule has 0 aliphatic rings. The summed E-state index contributed by atoms with van der Waals surface area (Å²) in [7, 11) is 0. The minimum atomic E-state index is 0.591. The topological polar surface area (TPSA) is 70.0 Å². The lowest BCUT2D eigenvalue weighted by Gasteiger charge is -2.20. The zero-order valence-corrected chi connectivity index (χ0v) is 29.7. The van der Waals surface area contributed by atoms with E-state index in [0.29, 0.717) is 13.2 Å². The van der Waals surface area contributed by atoms with Crippen molar-refractivity contribution in [3.05, 3.63) is 146 Å².